The number of aliphatic hydroxyl groups excluding tert-OH is 1. The summed E-state index contributed by atoms with van der Waals surface area (Å²) in [7, 11) is 0. The second-order valence-electron chi connectivity index (χ2n) is 7.28. The van der Waals surface area contributed by atoms with Crippen LogP contribution in [0.25, 0.3) is 11.1 Å². The number of halogens is 1. The maximum atomic E-state index is 14.0. The molecule has 1 unspecified atom stereocenters. The molecule has 4 rings (SSSR count). The van der Waals surface area contributed by atoms with Gasteiger partial charge < -0.3 is 19.7 Å². The number of hydrogen-bond acceptors (Lipinski definition) is 5. The number of aliphatic hydroxyl groups is 1. The van der Waals surface area contributed by atoms with E-state index in [1.165, 1.54) is 6.07 Å². The summed E-state index contributed by atoms with van der Waals surface area (Å²) in [6.45, 7) is 5.50. The van der Waals surface area contributed by atoms with E-state index in [-0.39, 0.29) is 18.0 Å². The largest absolute Gasteiger partial charge is 0.424 e. The van der Waals surface area contributed by atoms with Gasteiger partial charge in [0.25, 0.3) is 6.01 Å². The molecule has 0 aliphatic carbocycles. The fourth-order valence-corrected chi connectivity index (χ4v) is 3.63. The van der Waals surface area contributed by atoms with Crippen molar-refractivity contribution >= 4 is 22.8 Å². The summed E-state index contributed by atoms with van der Waals surface area (Å²) in [5.41, 5.74) is 4.48. The average molecular weight is 369 g/mol. The minimum atomic E-state index is -0.271. The third-order valence-electron chi connectivity index (χ3n) is 5.14. The molecular weight excluding hydrogens is 345 g/mol. The summed E-state index contributed by atoms with van der Waals surface area (Å²) in [6.07, 6.45) is 1.20. The molecule has 1 atom stereocenters. The van der Waals surface area contributed by atoms with Gasteiger partial charge in [-0.25, -0.2) is 4.39 Å². The standard InChI is InChI=1S/C21H24FN3O2/c1-13-3-6-20-18(11-13)24-21(27-20)23-14(2)17-12-15(22)4-5-19(17)25-9-7-16(26)8-10-25/h3-6,11-12,14,16,26H,7-10H2,1-2H3,(H,23,24). The Bertz CT molecular complexity index is 948. The molecule has 27 heavy (non-hydrogen) atoms. The Labute approximate surface area is 157 Å². The van der Waals surface area contributed by atoms with Crippen molar-refractivity contribution in [3.05, 3.63) is 53.3 Å². The maximum absolute atomic E-state index is 14.0. The zero-order valence-corrected chi connectivity index (χ0v) is 15.6. The first kappa shape index (κ1) is 17.8. The van der Waals surface area contributed by atoms with Gasteiger partial charge in [0.2, 0.25) is 0 Å². The summed E-state index contributed by atoms with van der Waals surface area (Å²) in [5, 5.41) is 13.0. The second kappa shape index (κ2) is 7.19. The Morgan fingerprint density at radius 3 is 2.78 bits per heavy atom. The van der Waals surface area contributed by atoms with Gasteiger partial charge in [0.1, 0.15) is 11.3 Å². The van der Waals surface area contributed by atoms with Crippen LogP contribution in [0.15, 0.2) is 40.8 Å². The number of nitrogens with one attached hydrogen (secondary N) is 1. The molecular formula is C21H24FN3O2. The van der Waals surface area contributed by atoms with E-state index >= 15 is 0 Å². The van der Waals surface area contributed by atoms with Crippen molar-refractivity contribution in [3.63, 3.8) is 0 Å². The SMILES string of the molecule is Cc1ccc2oc(NC(C)c3cc(F)ccc3N3CCC(O)CC3)nc2c1. The Morgan fingerprint density at radius 2 is 2.00 bits per heavy atom. The Balaban J connectivity index is 1.60. The Kier molecular flexibility index (Phi) is 4.74. The van der Waals surface area contributed by atoms with Crippen LogP contribution in [0.3, 0.4) is 0 Å². The Morgan fingerprint density at radius 1 is 1.22 bits per heavy atom. The van der Waals surface area contributed by atoms with Crippen molar-refractivity contribution in [2.45, 2.75) is 38.8 Å². The molecule has 0 radical (unpaired) electrons. The molecule has 142 valence electrons. The first-order chi connectivity index (χ1) is 13.0. The molecule has 2 aromatic carbocycles. The number of aromatic nitrogens is 1. The third-order valence-corrected chi connectivity index (χ3v) is 5.14. The van der Waals surface area contributed by atoms with Crippen LogP contribution in [0, 0.1) is 12.7 Å². The summed E-state index contributed by atoms with van der Waals surface area (Å²) >= 11 is 0. The minimum absolute atomic E-state index is 0.184. The number of oxazole rings is 1. The molecule has 0 bridgehead atoms. The molecule has 1 aliphatic heterocycles. The predicted molar refractivity (Wildman–Crippen MR) is 105 cm³/mol. The lowest BCUT2D eigenvalue weighted by molar-refractivity contribution is 0.145. The lowest BCUT2D eigenvalue weighted by Crippen LogP contribution is -2.36. The molecule has 2 N–H and O–H groups in total. The van der Waals surface area contributed by atoms with Gasteiger partial charge in [-0.3, -0.25) is 0 Å². The van der Waals surface area contributed by atoms with Crippen LogP contribution in [0.2, 0.25) is 0 Å². The fourth-order valence-electron chi connectivity index (χ4n) is 3.63. The number of nitrogens with zero attached hydrogens (tertiary/aromatic N) is 2. The maximum Gasteiger partial charge on any atom is 0.296 e. The minimum Gasteiger partial charge on any atom is -0.424 e. The van der Waals surface area contributed by atoms with Gasteiger partial charge in [-0.05, 0) is 62.6 Å². The first-order valence-electron chi connectivity index (χ1n) is 9.36. The number of hydrogen-bond donors (Lipinski definition) is 2. The monoisotopic (exact) mass is 369 g/mol. The van der Waals surface area contributed by atoms with Crippen molar-refractivity contribution in [3.8, 4) is 0 Å². The summed E-state index contributed by atoms with van der Waals surface area (Å²) in [5.74, 6) is -0.271. The van der Waals surface area contributed by atoms with E-state index < -0.39 is 0 Å². The van der Waals surface area contributed by atoms with E-state index in [0.717, 1.165) is 53.8 Å². The quantitative estimate of drug-likeness (QED) is 0.713. The summed E-state index contributed by atoms with van der Waals surface area (Å²) in [4.78, 5) is 6.70. The van der Waals surface area contributed by atoms with Crippen molar-refractivity contribution < 1.29 is 13.9 Å². The molecule has 6 heteroatoms. The molecule has 0 amide bonds. The zero-order chi connectivity index (χ0) is 19.0. The van der Waals surface area contributed by atoms with Gasteiger partial charge in [0.15, 0.2) is 5.58 Å². The van der Waals surface area contributed by atoms with Crippen molar-refractivity contribution in [1.82, 2.24) is 4.98 Å². The first-order valence-corrected chi connectivity index (χ1v) is 9.36. The smallest absolute Gasteiger partial charge is 0.296 e. The molecule has 0 spiro atoms. The van der Waals surface area contributed by atoms with Crippen molar-refractivity contribution in [2.24, 2.45) is 0 Å². The summed E-state index contributed by atoms with van der Waals surface area (Å²) < 4.78 is 19.7. The van der Waals surface area contributed by atoms with Crippen LogP contribution in [0.5, 0.6) is 0 Å². The second-order valence-corrected chi connectivity index (χ2v) is 7.28. The van der Waals surface area contributed by atoms with Crippen LogP contribution in [0.1, 0.15) is 36.9 Å². The van der Waals surface area contributed by atoms with Crippen LogP contribution in [-0.4, -0.2) is 29.3 Å². The molecule has 1 aromatic heterocycles. The van der Waals surface area contributed by atoms with Crippen LogP contribution < -0.4 is 10.2 Å². The van der Waals surface area contributed by atoms with Gasteiger partial charge in [-0.15, -0.1) is 0 Å². The topological polar surface area (TPSA) is 61.5 Å². The van der Waals surface area contributed by atoms with Crippen LogP contribution in [0.4, 0.5) is 16.1 Å². The highest BCUT2D eigenvalue weighted by Gasteiger charge is 2.22. The molecule has 1 fully saturated rings. The fraction of sp³-hybridized carbons (Fsp3) is 0.381. The van der Waals surface area contributed by atoms with E-state index in [4.69, 9.17) is 4.42 Å². The highest BCUT2D eigenvalue weighted by atomic mass is 19.1. The van der Waals surface area contributed by atoms with E-state index in [2.05, 4.69) is 15.2 Å². The number of piperidine rings is 1. The van der Waals surface area contributed by atoms with E-state index in [1.807, 2.05) is 38.1 Å². The van der Waals surface area contributed by atoms with Gasteiger partial charge in [0, 0.05) is 24.3 Å². The van der Waals surface area contributed by atoms with Gasteiger partial charge in [-0.1, -0.05) is 6.07 Å². The number of anilines is 2. The molecule has 5 nitrogen and oxygen atoms in total. The van der Waals surface area contributed by atoms with E-state index in [0.29, 0.717) is 6.01 Å². The van der Waals surface area contributed by atoms with Crippen LogP contribution in [-0.2, 0) is 0 Å². The molecule has 1 saturated heterocycles. The number of aryl methyl sites for hydroxylation is 1. The number of fused-ring (bicyclic) bond motifs is 1. The number of benzene rings is 2. The molecule has 0 saturated carbocycles. The average Bonchev–Trinajstić information content (AvgIpc) is 3.03. The third kappa shape index (κ3) is 3.76. The highest BCUT2D eigenvalue weighted by Crippen LogP contribution is 2.32. The van der Waals surface area contributed by atoms with E-state index in [9.17, 15) is 9.50 Å². The molecule has 3 aromatic rings. The van der Waals surface area contributed by atoms with Crippen molar-refractivity contribution in [1.29, 1.82) is 0 Å². The van der Waals surface area contributed by atoms with Crippen molar-refractivity contribution in [2.75, 3.05) is 23.3 Å². The van der Waals surface area contributed by atoms with E-state index in [1.54, 1.807) is 6.07 Å². The summed E-state index contributed by atoms with van der Waals surface area (Å²) in [6, 6.07) is 11.0. The molecule has 1 aliphatic rings. The van der Waals surface area contributed by atoms with Gasteiger partial charge >= 0.3 is 0 Å². The predicted octanol–water partition coefficient (Wildman–Crippen LogP) is 4.41. The van der Waals surface area contributed by atoms with Crippen LogP contribution >= 0.6 is 0 Å². The lowest BCUT2D eigenvalue weighted by Gasteiger charge is -2.34. The Hall–Kier alpha value is -2.60. The van der Waals surface area contributed by atoms with Gasteiger partial charge in [-0.2, -0.15) is 4.98 Å². The number of rotatable bonds is 4. The zero-order valence-electron chi connectivity index (χ0n) is 15.6. The van der Waals surface area contributed by atoms with Gasteiger partial charge in [0.05, 0.1) is 12.1 Å². The molecule has 2 heterocycles. The normalized spacial score (nSPS) is 16.7. The highest BCUT2D eigenvalue weighted by molar-refractivity contribution is 5.75. The lowest BCUT2D eigenvalue weighted by atomic mass is 10.0.